The fourth-order valence-corrected chi connectivity index (χ4v) is 3.25. The lowest BCUT2D eigenvalue weighted by atomic mass is 10.0. The van der Waals surface area contributed by atoms with Gasteiger partial charge in [0.15, 0.2) is 5.75 Å². The zero-order valence-corrected chi connectivity index (χ0v) is 17.5. The van der Waals surface area contributed by atoms with Crippen molar-refractivity contribution in [3.63, 3.8) is 0 Å². The normalized spacial score (nSPS) is 10.6. The molecule has 29 heavy (non-hydrogen) atoms. The number of hydrogen-bond acceptors (Lipinski definition) is 4. The van der Waals surface area contributed by atoms with E-state index >= 15 is 0 Å². The van der Waals surface area contributed by atoms with Crippen LogP contribution in [0, 0.1) is 6.92 Å². The fraction of sp³-hybridized carbons (Fsp3) is 0.240. The summed E-state index contributed by atoms with van der Waals surface area (Å²) in [6.07, 6.45) is 0. The highest BCUT2D eigenvalue weighted by atomic mass is 16.5. The molecule has 0 aliphatic carbocycles. The number of hydrogen-bond donors (Lipinski definition) is 0. The predicted molar refractivity (Wildman–Crippen MR) is 119 cm³/mol. The van der Waals surface area contributed by atoms with Crippen molar-refractivity contribution >= 4 is 22.4 Å². The molecule has 0 amide bonds. The van der Waals surface area contributed by atoms with Gasteiger partial charge in [-0.2, -0.15) is 0 Å². The number of carbonyl (C=O) groups excluding carboxylic acids is 1. The summed E-state index contributed by atoms with van der Waals surface area (Å²) >= 11 is 0. The van der Waals surface area contributed by atoms with Crippen LogP contribution in [-0.4, -0.2) is 19.1 Å². The zero-order valence-electron chi connectivity index (χ0n) is 17.5. The average molecular weight is 389 g/mol. The molecule has 0 N–H and O–H groups in total. The van der Waals surface area contributed by atoms with Gasteiger partial charge >= 0.3 is 5.97 Å². The number of nitrogens with zero attached hydrogens (tertiary/aromatic N) is 1. The van der Waals surface area contributed by atoms with Crippen LogP contribution in [0.5, 0.6) is 17.2 Å². The fourth-order valence-electron chi connectivity index (χ4n) is 3.25. The van der Waals surface area contributed by atoms with E-state index < -0.39 is 5.97 Å². The van der Waals surface area contributed by atoms with Gasteiger partial charge < -0.3 is 14.4 Å². The van der Waals surface area contributed by atoms with Gasteiger partial charge in [-0.3, -0.25) is 0 Å². The van der Waals surface area contributed by atoms with Gasteiger partial charge in [-0.05, 0) is 45.9 Å². The van der Waals surface area contributed by atoms with Gasteiger partial charge in [0.05, 0.1) is 5.69 Å². The van der Waals surface area contributed by atoms with Crippen molar-refractivity contribution in [2.24, 2.45) is 0 Å². The molecular formula is C25H27NO3. The molecule has 0 atom stereocenters. The maximum absolute atomic E-state index is 12.4. The number of benzene rings is 3. The molecule has 0 saturated carbocycles. The molecule has 0 bridgehead atoms. The van der Waals surface area contributed by atoms with Gasteiger partial charge in [-0.1, -0.05) is 42.5 Å². The van der Waals surface area contributed by atoms with Crippen LogP contribution < -0.4 is 14.4 Å². The van der Waals surface area contributed by atoms with Gasteiger partial charge in [0.25, 0.3) is 0 Å². The first-order valence-electron chi connectivity index (χ1n) is 9.87. The average Bonchev–Trinajstić information content (AvgIpc) is 2.71. The lowest BCUT2D eigenvalue weighted by Crippen LogP contribution is -2.23. The standard InChI is InChI=1S/C25H27NO3/c1-6-26(7-2)22-16-23(28-19-11-9-8-10-12-19)21-15-18(5)13-14-20(21)24(22)29-25(27)17(3)4/h8-16H,3,6-7H2,1-2,4-5H3. The summed E-state index contributed by atoms with van der Waals surface area (Å²) in [5.41, 5.74) is 2.29. The third kappa shape index (κ3) is 4.43. The van der Waals surface area contributed by atoms with E-state index in [2.05, 4.69) is 31.4 Å². The van der Waals surface area contributed by atoms with E-state index in [1.807, 2.05) is 55.5 Å². The first-order valence-corrected chi connectivity index (χ1v) is 9.87. The van der Waals surface area contributed by atoms with Gasteiger partial charge in [0.2, 0.25) is 0 Å². The lowest BCUT2D eigenvalue weighted by molar-refractivity contribution is -0.129. The SMILES string of the molecule is C=C(C)C(=O)Oc1c(N(CC)CC)cc(Oc2ccccc2)c2cc(C)ccc12. The molecule has 4 nitrogen and oxygen atoms in total. The Balaban J connectivity index is 2.26. The van der Waals surface area contributed by atoms with Crippen LogP contribution in [0.1, 0.15) is 26.3 Å². The number of ether oxygens (including phenoxy) is 2. The Bertz CT molecular complexity index is 1040. The Morgan fingerprint density at radius 3 is 2.31 bits per heavy atom. The molecule has 0 spiro atoms. The van der Waals surface area contributed by atoms with Crippen molar-refractivity contribution in [3.05, 3.63) is 72.3 Å². The molecule has 150 valence electrons. The van der Waals surface area contributed by atoms with Crippen molar-refractivity contribution in [1.29, 1.82) is 0 Å². The minimum Gasteiger partial charge on any atom is -0.457 e. The third-order valence-corrected chi connectivity index (χ3v) is 4.80. The molecule has 0 unspecified atom stereocenters. The topological polar surface area (TPSA) is 38.8 Å². The van der Waals surface area contributed by atoms with Crippen molar-refractivity contribution in [3.8, 4) is 17.2 Å². The van der Waals surface area contributed by atoms with Crippen LogP contribution in [-0.2, 0) is 4.79 Å². The molecule has 0 saturated heterocycles. The Morgan fingerprint density at radius 1 is 1.00 bits per heavy atom. The van der Waals surface area contributed by atoms with E-state index in [0.29, 0.717) is 11.3 Å². The Kier molecular flexibility index (Phi) is 6.23. The highest BCUT2D eigenvalue weighted by Gasteiger charge is 2.21. The summed E-state index contributed by atoms with van der Waals surface area (Å²) in [5.74, 6) is 1.59. The molecule has 0 radical (unpaired) electrons. The van der Waals surface area contributed by atoms with E-state index in [9.17, 15) is 4.79 Å². The first kappa shape index (κ1) is 20.5. The summed E-state index contributed by atoms with van der Waals surface area (Å²) in [7, 11) is 0. The minimum atomic E-state index is -0.433. The largest absolute Gasteiger partial charge is 0.457 e. The summed E-state index contributed by atoms with van der Waals surface area (Å²) in [4.78, 5) is 14.5. The third-order valence-electron chi connectivity index (χ3n) is 4.80. The van der Waals surface area contributed by atoms with Crippen molar-refractivity contribution in [2.75, 3.05) is 18.0 Å². The van der Waals surface area contributed by atoms with Crippen LogP contribution in [0.25, 0.3) is 10.8 Å². The summed E-state index contributed by atoms with van der Waals surface area (Å²) in [6.45, 7) is 13.1. The highest BCUT2D eigenvalue weighted by Crippen LogP contribution is 2.44. The molecule has 0 fully saturated rings. The van der Waals surface area contributed by atoms with E-state index in [-0.39, 0.29) is 0 Å². The molecule has 0 aliphatic rings. The maximum atomic E-state index is 12.4. The number of esters is 1. The molecule has 3 rings (SSSR count). The Morgan fingerprint density at radius 2 is 1.69 bits per heavy atom. The second-order valence-corrected chi connectivity index (χ2v) is 7.03. The molecule has 3 aromatic rings. The van der Waals surface area contributed by atoms with Crippen LogP contribution in [0.3, 0.4) is 0 Å². The monoisotopic (exact) mass is 389 g/mol. The Hall–Kier alpha value is -3.27. The van der Waals surface area contributed by atoms with Gasteiger partial charge in [0.1, 0.15) is 11.5 Å². The Labute approximate surface area is 172 Å². The molecular weight excluding hydrogens is 362 g/mol. The first-order chi connectivity index (χ1) is 13.9. The maximum Gasteiger partial charge on any atom is 0.338 e. The molecule has 3 aromatic carbocycles. The van der Waals surface area contributed by atoms with Gasteiger partial charge in [-0.25, -0.2) is 4.79 Å². The second-order valence-electron chi connectivity index (χ2n) is 7.03. The van der Waals surface area contributed by atoms with E-state index in [1.165, 1.54) is 0 Å². The van der Waals surface area contributed by atoms with Crippen LogP contribution in [0.15, 0.2) is 66.7 Å². The number of rotatable bonds is 7. The summed E-state index contributed by atoms with van der Waals surface area (Å²) in [6, 6.07) is 17.7. The number of anilines is 1. The zero-order chi connectivity index (χ0) is 21.0. The smallest absolute Gasteiger partial charge is 0.338 e. The highest BCUT2D eigenvalue weighted by molar-refractivity contribution is 6.01. The number of aryl methyl sites for hydroxylation is 1. The van der Waals surface area contributed by atoms with E-state index in [1.54, 1.807) is 6.92 Å². The van der Waals surface area contributed by atoms with Gasteiger partial charge in [0, 0.05) is 35.5 Å². The molecule has 0 aromatic heterocycles. The number of fused-ring (bicyclic) bond motifs is 1. The quantitative estimate of drug-likeness (QED) is 0.271. The van der Waals surface area contributed by atoms with Crippen LogP contribution >= 0.6 is 0 Å². The second kappa shape index (κ2) is 8.82. The number of carbonyl (C=O) groups is 1. The van der Waals surface area contributed by atoms with Crippen LogP contribution in [0.4, 0.5) is 5.69 Å². The van der Waals surface area contributed by atoms with Crippen molar-refractivity contribution in [1.82, 2.24) is 0 Å². The van der Waals surface area contributed by atoms with E-state index in [4.69, 9.17) is 9.47 Å². The molecule has 0 heterocycles. The van der Waals surface area contributed by atoms with E-state index in [0.717, 1.165) is 46.6 Å². The minimum absolute atomic E-state index is 0.361. The molecule has 4 heteroatoms. The lowest BCUT2D eigenvalue weighted by Gasteiger charge is -2.26. The van der Waals surface area contributed by atoms with Gasteiger partial charge in [-0.15, -0.1) is 0 Å². The summed E-state index contributed by atoms with van der Waals surface area (Å²) in [5, 5.41) is 1.73. The predicted octanol–water partition coefficient (Wildman–Crippen LogP) is 6.27. The molecule has 0 aliphatic heterocycles. The number of para-hydroxylation sites is 1. The summed E-state index contributed by atoms with van der Waals surface area (Å²) < 4.78 is 12.1. The van der Waals surface area contributed by atoms with Crippen molar-refractivity contribution < 1.29 is 14.3 Å². The van der Waals surface area contributed by atoms with Crippen molar-refractivity contribution in [2.45, 2.75) is 27.7 Å². The van der Waals surface area contributed by atoms with Crippen LogP contribution in [0.2, 0.25) is 0 Å².